The maximum atomic E-state index is 4.64. The van der Waals surface area contributed by atoms with Crippen molar-refractivity contribution in [1.82, 2.24) is 9.97 Å². The first-order chi connectivity index (χ1) is 10.6. The van der Waals surface area contributed by atoms with E-state index in [1.165, 1.54) is 21.9 Å². The minimum Gasteiger partial charge on any atom is -0.254 e. The molecule has 0 saturated heterocycles. The fourth-order valence-electron chi connectivity index (χ4n) is 3.18. The molecule has 2 aromatic heterocycles. The maximum Gasteiger partial charge on any atom is 0.0967 e. The van der Waals surface area contributed by atoms with E-state index in [4.69, 9.17) is 0 Å². The molecule has 0 bridgehead atoms. The minimum atomic E-state index is 0.640. The lowest BCUT2D eigenvalue weighted by atomic mass is 9.95. The molecule has 2 heterocycles. The lowest BCUT2D eigenvalue weighted by molar-refractivity contribution is 0.649. The van der Waals surface area contributed by atoms with Crippen molar-refractivity contribution in [3.05, 3.63) is 47.8 Å². The van der Waals surface area contributed by atoms with E-state index in [2.05, 4.69) is 61.9 Å². The fraction of sp³-hybridized carbons (Fsp3) is 0.400. The number of nitrogens with zero attached hydrogens (tertiary/aromatic N) is 2. The number of benzene rings is 1. The highest BCUT2D eigenvalue weighted by Crippen LogP contribution is 2.28. The number of fused-ring (bicyclic) bond motifs is 3. The van der Waals surface area contributed by atoms with Gasteiger partial charge in [-0.3, -0.25) is 9.97 Å². The van der Waals surface area contributed by atoms with Gasteiger partial charge in [-0.1, -0.05) is 39.8 Å². The Morgan fingerprint density at radius 1 is 0.682 bits per heavy atom. The summed E-state index contributed by atoms with van der Waals surface area (Å²) in [5, 5.41) is 2.50. The second-order valence-corrected chi connectivity index (χ2v) is 6.99. The standard InChI is InChI=1S/C20H24N2/c1-13(2)11-15-7-9-21-19-17(15)5-6-18-16(12-14(3)4)8-10-22-20(18)19/h5-10,13-14H,11-12H2,1-4H3. The van der Waals surface area contributed by atoms with E-state index >= 15 is 0 Å². The van der Waals surface area contributed by atoms with Crippen LogP contribution in [0, 0.1) is 11.8 Å². The topological polar surface area (TPSA) is 25.8 Å². The average molecular weight is 292 g/mol. The van der Waals surface area contributed by atoms with E-state index in [1.54, 1.807) is 0 Å². The zero-order valence-corrected chi connectivity index (χ0v) is 13.9. The molecule has 2 nitrogen and oxygen atoms in total. The van der Waals surface area contributed by atoms with Crippen LogP contribution in [0.2, 0.25) is 0 Å². The van der Waals surface area contributed by atoms with E-state index < -0.39 is 0 Å². The first-order valence-corrected chi connectivity index (χ1v) is 8.20. The van der Waals surface area contributed by atoms with Crippen LogP contribution in [0.3, 0.4) is 0 Å². The van der Waals surface area contributed by atoms with Crippen LogP contribution in [0.4, 0.5) is 0 Å². The van der Waals surface area contributed by atoms with Gasteiger partial charge in [0.15, 0.2) is 0 Å². The van der Waals surface area contributed by atoms with Crippen molar-refractivity contribution < 1.29 is 0 Å². The molecule has 0 N–H and O–H groups in total. The molecule has 22 heavy (non-hydrogen) atoms. The van der Waals surface area contributed by atoms with E-state index in [0.717, 1.165) is 23.9 Å². The summed E-state index contributed by atoms with van der Waals surface area (Å²) in [6.07, 6.45) is 6.01. The SMILES string of the molecule is CC(C)Cc1ccnc2c1ccc1c(CC(C)C)ccnc12. The van der Waals surface area contributed by atoms with E-state index in [1.807, 2.05) is 12.4 Å². The van der Waals surface area contributed by atoms with Gasteiger partial charge in [0.25, 0.3) is 0 Å². The van der Waals surface area contributed by atoms with Gasteiger partial charge in [-0.15, -0.1) is 0 Å². The van der Waals surface area contributed by atoms with Gasteiger partial charge < -0.3 is 0 Å². The van der Waals surface area contributed by atoms with Crippen LogP contribution in [-0.2, 0) is 12.8 Å². The van der Waals surface area contributed by atoms with Crippen LogP contribution in [0.15, 0.2) is 36.7 Å². The van der Waals surface area contributed by atoms with Gasteiger partial charge in [-0.25, -0.2) is 0 Å². The van der Waals surface area contributed by atoms with Crippen LogP contribution in [-0.4, -0.2) is 9.97 Å². The number of hydrogen-bond donors (Lipinski definition) is 0. The third-order valence-corrected chi connectivity index (χ3v) is 4.06. The molecule has 2 heteroatoms. The van der Waals surface area contributed by atoms with Crippen molar-refractivity contribution in [2.75, 3.05) is 0 Å². The summed E-state index contributed by atoms with van der Waals surface area (Å²) in [4.78, 5) is 9.27. The Morgan fingerprint density at radius 2 is 1.09 bits per heavy atom. The number of aromatic nitrogens is 2. The predicted molar refractivity (Wildman–Crippen MR) is 94.1 cm³/mol. The minimum absolute atomic E-state index is 0.640. The van der Waals surface area contributed by atoms with Gasteiger partial charge in [0.1, 0.15) is 0 Å². The number of pyridine rings is 2. The Hall–Kier alpha value is -1.96. The molecule has 0 unspecified atom stereocenters. The average Bonchev–Trinajstić information content (AvgIpc) is 2.46. The summed E-state index contributed by atoms with van der Waals surface area (Å²) in [6, 6.07) is 8.75. The van der Waals surface area contributed by atoms with Crippen LogP contribution in [0.25, 0.3) is 21.8 Å². The summed E-state index contributed by atoms with van der Waals surface area (Å²) < 4.78 is 0. The molecular formula is C20H24N2. The Morgan fingerprint density at radius 3 is 1.45 bits per heavy atom. The van der Waals surface area contributed by atoms with E-state index in [-0.39, 0.29) is 0 Å². The molecule has 114 valence electrons. The van der Waals surface area contributed by atoms with Gasteiger partial charge in [0.05, 0.1) is 11.0 Å². The molecule has 0 amide bonds. The molecule has 0 aliphatic heterocycles. The highest BCUT2D eigenvalue weighted by molar-refractivity contribution is 6.04. The predicted octanol–water partition coefficient (Wildman–Crippen LogP) is 5.18. The summed E-state index contributed by atoms with van der Waals surface area (Å²) in [5.41, 5.74) is 4.83. The lowest BCUT2D eigenvalue weighted by Gasteiger charge is -2.12. The normalized spacial score (nSPS) is 11.9. The third kappa shape index (κ3) is 2.83. The number of hydrogen-bond acceptors (Lipinski definition) is 2. The zero-order chi connectivity index (χ0) is 15.7. The van der Waals surface area contributed by atoms with Gasteiger partial charge in [0, 0.05) is 23.2 Å². The Bertz CT molecular complexity index is 735. The van der Waals surface area contributed by atoms with Crippen LogP contribution in [0.5, 0.6) is 0 Å². The van der Waals surface area contributed by atoms with Gasteiger partial charge >= 0.3 is 0 Å². The molecule has 0 atom stereocenters. The van der Waals surface area contributed by atoms with Crippen LogP contribution >= 0.6 is 0 Å². The van der Waals surface area contributed by atoms with Crippen molar-refractivity contribution in [1.29, 1.82) is 0 Å². The second kappa shape index (κ2) is 6.04. The van der Waals surface area contributed by atoms with Crippen molar-refractivity contribution in [3.8, 4) is 0 Å². The van der Waals surface area contributed by atoms with Crippen molar-refractivity contribution in [2.45, 2.75) is 40.5 Å². The first kappa shape index (κ1) is 15.0. The van der Waals surface area contributed by atoms with Crippen molar-refractivity contribution >= 4 is 21.8 Å². The van der Waals surface area contributed by atoms with Gasteiger partial charge in [0.2, 0.25) is 0 Å². The molecular weight excluding hydrogens is 268 g/mol. The van der Waals surface area contributed by atoms with Crippen molar-refractivity contribution in [3.63, 3.8) is 0 Å². The Balaban J connectivity index is 2.24. The Kier molecular flexibility index (Phi) is 4.10. The highest BCUT2D eigenvalue weighted by atomic mass is 14.7. The Labute approximate surface area is 132 Å². The summed E-state index contributed by atoms with van der Waals surface area (Å²) in [6.45, 7) is 9.03. The fourth-order valence-corrected chi connectivity index (χ4v) is 3.18. The molecule has 0 aliphatic rings. The molecule has 0 radical (unpaired) electrons. The zero-order valence-electron chi connectivity index (χ0n) is 13.9. The first-order valence-electron chi connectivity index (χ1n) is 8.20. The quantitative estimate of drug-likeness (QED) is 0.619. The van der Waals surface area contributed by atoms with Crippen molar-refractivity contribution in [2.24, 2.45) is 11.8 Å². The summed E-state index contributed by atoms with van der Waals surface area (Å²) >= 11 is 0. The molecule has 0 spiro atoms. The highest BCUT2D eigenvalue weighted by Gasteiger charge is 2.11. The summed E-state index contributed by atoms with van der Waals surface area (Å²) in [5.74, 6) is 1.28. The van der Waals surface area contributed by atoms with Gasteiger partial charge in [-0.05, 0) is 47.9 Å². The monoisotopic (exact) mass is 292 g/mol. The molecule has 0 fully saturated rings. The van der Waals surface area contributed by atoms with Gasteiger partial charge in [-0.2, -0.15) is 0 Å². The largest absolute Gasteiger partial charge is 0.254 e. The smallest absolute Gasteiger partial charge is 0.0967 e. The summed E-state index contributed by atoms with van der Waals surface area (Å²) in [7, 11) is 0. The molecule has 0 aliphatic carbocycles. The molecule has 3 rings (SSSR count). The maximum absolute atomic E-state index is 4.64. The van der Waals surface area contributed by atoms with E-state index in [0.29, 0.717) is 11.8 Å². The van der Waals surface area contributed by atoms with Crippen LogP contribution < -0.4 is 0 Å². The molecule has 0 saturated carbocycles. The second-order valence-electron chi connectivity index (χ2n) is 6.99. The molecule has 3 aromatic rings. The molecule has 1 aromatic carbocycles. The van der Waals surface area contributed by atoms with Crippen LogP contribution in [0.1, 0.15) is 38.8 Å². The lowest BCUT2D eigenvalue weighted by Crippen LogP contribution is -1.99. The number of rotatable bonds is 4. The third-order valence-electron chi connectivity index (χ3n) is 4.06. The van der Waals surface area contributed by atoms with E-state index in [9.17, 15) is 0 Å².